The second-order valence-corrected chi connectivity index (χ2v) is 5.64. The SMILES string of the molecule is CC(O)CCCCN(C)CC(C)(C)C. The van der Waals surface area contributed by atoms with Crippen molar-refractivity contribution in [2.75, 3.05) is 20.1 Å². The standard InChI is InChI=1S/C12H27NO/c1-11(14)8-6-7-9-13(5)10-12(2,3)4/h11,14H,6-10H2,1-5H3. The van der Waals surface area contributed by atoms with Crippen LogP contribution in [0.25, 0.3) is 0 Å². The van der Waals surface area contributed by atoms with Crippen LogP contribution in [0.5, 0.6) is 0 Å². The summed E-state index contributed by atoms with van der Waals surface area (Å²) >= 11 is 0. The van der Waals surface area contributed by atoms with Gasteiger partial charge in [-0.15, -0.1) is 0 Å². The Morgan fingerprint density at radius 1 is 1.21 bits per heavy atom. The quantitative estimate of drug-likeness (QED) is 0.668. The highest BCUT2D eigenvalue weighted by Gasteiger charge is 2.12. The Labute approximate surface area is 89.3 Å². The second-order valence-electron chi connectivity index (χ2n) is 5.64. The van der Waals surface area contributed by atoms with E-state index in [1.165, 1.54) is 6.42 Å². The molecule has 0 aromatic heterocycles. The van der Waals surface area contributed by atoms with Crippen LogP contribution < -0.4 is 0 Å². The van der Waals surface area contributed by atoms with Crippen LogP contribution in [-0.4, -0.2) is 36.2 Å². The predicted octanol–water partition coefficient (Wildman–Crippen LogP) is 2.52. The van der Waals surface area contributed by atoms with Crippen LogP contribution in [0.4, 0.5) is 0 Å². The third-order valence-corrected chi connectivity index (χ3v) is 2.16. The Morgan fingerprint density at radius 3 is 2.21 bits per heavy atom. The van der Waals surface area contributed by atoms with Gasteiger partial charge in [0.05, 0.1) is 6.10 Å². The third kappa shape index (κ3) is 10.0. The number of aliphatic hydroxyl groups excluding tert-OH is 1. The van der Waals surface area contributed by atoms with Crippen LogP contribution in [-0.2, 0) is 0 Å². The van der Waals surface area contributed by atoms with Crippen LogP contribution in [0.3, 0.4) is 0 Å². The van der Waals surface area contributed by atoms with Crippen molar-refractivity contribution in [2.45, 2.75) is 53.1 Å². The summed E-state index contributed by atoms with van der Waals surface area (Å²) in [6.07, 6.45) is 3.12. The first-order valence-electron chi connectivity index (χ1n) is 5.68. The van der Waals surface area contributed by atoms with Crippen molar-refractivity contribution in [3.63, 3.8) is 0 Å². The molecule has 0 radical (unpaired) electrons. The lowest BCUT2D eigenvalue weighted by Gasteiger charge is -2.26. The van der Waals surface area contributed by atoms with Gasteiger partial charge in [-0.3, -0.25) is 0 Å². The molecule has 2 heteroatoms. The minimum atomic E-state index is -0.136. The zero-order valence-electron chi connectivity index (χ0n) is 10.5. The molecule has 0 aliphatic heterocycles. The van der Waals surface area contributed by atoms with Crippen LogP contribution in [0.15, 0.2) is 0 Å². The Hall–Kier alpha value is -0.0800. The van der Waals surface area contributed by atoms with Gasteiger partial charge in [0.2, 0.25) is 0 Å². The highest BCUT2D eigenvalue weighted by atomic mass is 16.3. The molecule has 0 heterocycles. The van der Waals surface area contributed by atoms with Crippen LogP contribution in [0.1, 0.15) is 47.0 Å². The van der Waals surface area contributed by atoms with Gasteiger partial charge in [-0.25, -0.2) is 0 Å². The molecule has 0 aromatic rings. The maximum absolute atomic E-state index is 9.09. The first kappa shape index (κ1) is 13.9. The summed E-state index contributed by atoms with van der Waals surface area (Å²) in [5.74, 6) is 0. The van der Waals surface area contributed by atoms with E-state index in [2.05, 4.69) is 32.7 Å². The molecule has 2 nitrogen and oxygen atoms in total. The Bertz CT molecular complexity index is 138. The number of nitrogens with zero attached hydrogens (tertiary/aromatic N) is 1. The van der Waals surface area contributed by atoms with E-state index in [1.54, 1.807) is 0 Å². The van der Waals surface area contributed by atoms with Crippen molar-refractivity contribution in [3.8, 4) is 0 Å². The van der Waals surface area contributed by atoms with Crippen molar-refractivity contribution in [2.24, 2.45) is 5.41 Å². The molecule has 14 heavy (non-hydrogen) atoms. The molecular formula is C12H27NO. The maximum atomic E-state index is 9.09. The molecule has 86 valence electrons. The summed E-state index contributed by atoms with van der Waals surface area (Å²) in [5.41, 5.74) is 0.388. The maximum Gasteiger partial charge on any atom is 0.0512 e. The molecule has 0 aromatic carbocycles. The van der Waals surface area contributed by atoms with E-state index >= 15 is 0 Å². The average molecular weight is 201 g/mol. The Balaban J connectivity index is 3.40. The second kappa shape index (κ2) is 6.41. The first-order chi connectivity index (χ1) is 6.31. The van der Waals surface area contributed by atoms with Crippen molar-refractivity contribution in [1.82, 2.24) is 4.90 Å². The average Bonchev–Trinajstić information content (AvgIpc) is 1.94. The topological polar surface area (TPSA) is 23.5 Å². The normalized spacial score (nSPS) is 14.8. The van der Waals surface area contributed by atoms with Gasteiger partial charge in [0.25, 0.3) is 0 Å². The van der Waals surface area contributed by atoms with Gasteiger partial charge in [-0.05, 0) is 45.2 Å². The zero-order valence-corrected chi connectivity index (χ0v) is 10.5. The van der Waals surface area contributed by atoms with Crippen molar-refractivity contribution < 1.29 is 5.11 Å². The lowest BCUT2D eigenvalue weighted by atomic mass is 9.96. The molecule has 0 aliphatic carbocycles. The fourth-order valence-corrected chi connectivity index (χ4v) is 1.71. The van der Waals surface area contributed by atoms with Crippen molar-refractivity contribution in [1.29, 1.82) is 0 Å². The number of unbranched alkanes of at least 4 members (excludes halogenated alkanes) is 1. The van der Waals surface area contributed by atoms with Gasteiger partial charge in [0, 0.05) is 6.54 Å². The minimum absolute atomic E-state index is 0.136. The summed E-state index contributed by atoms with van der Waals surface area (Å²) in [6.45, 7) is 10.9. The summed E-state index contributed by atoms with van der Waals surface area (Å²) in [7, 11) is 2.17. The zero-order chi connectivity index (χ0) is 11.2. The third-order valence-electron chi connectivity index (χ3n) is 2.16. The fraction of sp³-hybridized carbons (Fsp3) is 1.00. The summed E-state index contributed by atoms with van der Waals surface area (Å²) in [4.78, 5) is 2.38. The summed E-state index contributed by atoms with van der Waals surface area (Å²) in [6, 6.07) is 0. The molecule has 0 saturated heterocycles. The summed E-state index contributed by atoms with van der Waals surface area (Å²) < 4.78 is 0. The molecule has 0 fully saturated rings. The Kier molecular flexibility index (Phi) is 6.38. The lowest BCUT2D eigenvalue weighted by Crippen LogP contribution is -2.30. The molecule has 0 saturated carbocycles. The predicted molar refractivity (Wildman–Crippen MR) is 62.5 cm³/mol. The van der Waals surface area contributed by atoms with E-state index in [1.807, 2.05) is 6.92 Å². The van der Waals surface area contributed by atoms with Gasteiger partial charge in [-0.1, -0.05) is 20.8 Å². The van der Waals surface area contributed by atoms with E-state index in [4.69, 9.17) is 5.11 Å². The van der Waals surface area contributed by atoms with E-state index in [9.17, 15) is 0 Å². The van der Waals surface area contributed by atoms with Gasteiger partial charge < -0.3 is 10.0 Å². The molecule has 0 amide bonds. The van der Waals surface area contributed by atoms with E-state index in [0.29, 0.717) is 5.41 Å². The Morgan fingerprint density at radius 2 is 1.79 bits per heavy atom. The molecule has 0 rings (SSSR count). The fourth-order valence-electron chi connectivity index (χ4n) is 1.71. The molecule has 1 unspecified atom stereocenters. The summed E-state index contributed by atoms with van der Waals surface area (Å²) in [5, 5.41) is 9.09. The van der Waals surface area contributed by atoms with Gasteiger partial charge in [0.1, 0.15) is 0 Å². The van der Waals surface area contributed by atoms with Gasteiger partial charge >= 0.3 is 0 Å². The van der Waals surface area contributed by atoms with Crippen LogP contribution >= 0.6 is 0 Å². The van der Waals surface area contributed by atoms with Crippen molar-refractivity contribution in [3.05, 3.63) is 0 Å². The number of hydrogen-bond donors (Lipinski definition) is 1. The van der Waals surface area contributed by atoms with E-state index in [-0.39, 0.29) is 6.10 Å². The molecule has 0 spiro atoms. The highest BCUT2D eigenvalue weighted by Crippen LogP contribution is 2.14. The lowest BCUT2D eigenvalue weighted by molar-refractivity contribution is 0.174. The molecule has 1 atom stereocenters. The van der Waals surface area contributed by atoms with Crippen LogP contribution in [0.2, 0.25) is 0 Å². The van der Waals surface area contributed by atoms with E-state index < -0.39 is 0 Å². The highest BCUT2D eigenvalue weighted by molar-refractivity contribution is 4.66. The first-order valence-corrected chi connectivity index (χ1v) is 5.68. The number of rotatable bonds is 6. The van der Waals surface area contributed by atoms with Crippen LogP contribution in [0, 0.1) is 5.41 Å². The minimum Gasteiger partial charge on any atom is -0.393 e. The molecule has 0 aliphatic rings. The van der Waals surface area contributed by atoms with Gasteiger partial charge in [0.15, 0.2) is 0 Å². The number of hydrogen-bond acceptors (Lipinski definition) is 2. The van der Waals surface area contributed by atoms with Gasteiger partial charge in [-0.2, -0.15) is 0 Å². The largest absolute Gasteiger partial charge is 0.393 e. The smallest absolute Gasteiger partial charge is 0.0512 e. The monoisotopic (exact) mass is 201 g/mol. The van der Waals surface area contributed by atoms with Crippen molar-refractivity contribution >= 4 is 0 Å². The number of aliphatic hydroxyl groups is 1. The molecule has 0 bridgehead atoms. The molecular weight excluding hydrogens is 174 g/mol. The molecule has 1 N–H and O–H groups in total. The van der Waals surface area contributed by atoms with E-state index in [0.717, 1.165) is 25.9 Å².